The molecule has 0 bridgehead atoms. The van der Waals surface area contributed by atoms with Gasteiger partial charge in [-0.05, 0) is 18.2 Å². The molecule has 3 aromatic rings. The number of nitrogens with one attached hydrogen (secondary N) is 1. The first kappa shape index (κ1) is 18.6. The second kappa shape index (κ2) is 7.59. The van der Waals surface area contributed by atoms with Crippen molar-refractivity contribution < 1.29 is 14.4 Å². The van der Waals surface area contributed by atoms with Gasteiger partial charge in [0.25, 0.3) is 5.56 Å². The predicted octanol–water partition coefficient (Wildman–Crippen LogP) is 2.91. The summed E-state index contributed by atoms with van der Waals surface area (Å²) in [6.07, 6.45) is 1.36. The number of hydrogen-bond acceptors (Lipinski definition) is 7. The van der Waals surface area contributed by atoms with Crippen LogP contribution in [0.3, 0.4) is 0 Å². The Morgan fingerprint density at radius 3 is 2.61 bits per heavy atom. The molecular weight excluding hydrogens is 364 g/mol. The standard InChI is InChI=1S/C19H14N4O5/c1-27-16-9-17(28-2)15(23(25)26)8-11(16)7-12(10-20)18-21-14-6-4-3-5-13(14)19(24)22-18/h3-9H,1-2H3,(H,21,22,24)/b12-7-. The fraction of sp³-hybridized carbons (Fsp3) is 0.105. The van der Waals surface area contributed by atoms with Gasteiger partial charge in [-0.3, -0.25) is 14.9 Å². The van der Waals surface area contributed by atoms with E-state index in [0.717, 1.165) is 0 Å². The van der Waals surface area contributed by atoms with Crippen LogP contribution >= 0.6 is 0 Å². The Morgan fingerprint density at radius 2 is 1.96 bits per heavy atom. The van der Waals surface area contributed by atoms with Gasteiger partial charge in [-0.15, -0.1) is 0 Å². The summed E-state index contributed by atoms with van der Waals surface area (Å²) < 4.78 is 10.3. The quantitative estimate of drug-likeness (QED) is 0.410. The number of nitriles is 1. The minimum absolute atomic E-state index is 0.0145. The van der Waals surface area contributed by atoms with E-state index in [1.807, 2.05) is 6.07 Å². The van der Waals surface area contributed by atoms with Crippen LogP contribution in [0.2, 0.25) is 0 Å². The van der Waals surface area contributed by atoms with Crippen LogP contribution in [0.1, 0.15) is 11.4 Å². The summed E-state index contributed by atoms with van der Waals surface area (Å²) in [5.41, 5.74) is 0.0271. The van der Waals surface area contributed by atoms with Crippen molar-refractivity contribution in [3.8, 4) is 17.6 Å². The molecule has 1 N–H and O–H groups in total. The smallest absolute Gasteiger partial charge is 0.311 e. The molecule has 0 unspecified atom stereocenters. The van der Waals surface area contributed by atoms with Gasteiger partial charge in [0, 0.05) is 17.7 Å². The van der Waals surface area contributed by atoms with Gasteiger partial charge >= 0.3 is 5.69 Å². The van der Waals surface area contributed by atoms with Crippen molar-refractivity contribution in [2.24, 2.45) is 0 Å². The number of nitro groups is 1. The van der Waals surface area contributed by atoms with Gasteiger partial charge in [-0.25, -0.2) is 4.98 Å². The van der Waals surface area contributed by atoms with E-state index in [2.05, 4.69) is 9.97 Å². The van der Waals surface area contributed by atoms with E-state index < -0.39 is 10.5 Å². The highest BCUT2D eigenvalue weighted by molar-refractivity contribution is 5.90. The van der Waals surface area contributed by atoms with Crippen molar-refractivity contribution in [1.29, 1.82) is 5.26 Å². The molecule has 0 amide bonds. The molecule has 0 aliphatic rings. The summed E-state index contributed by atoms with van der Waals surface area (Å²) in [5, 5.41) is 21.2. The normalized spacial score (nSPS) is 11.1. The van der Waals surface area contributed by atoms with Gasteiger partial charge in [0.05, 0.1) is 35.6 Å². The van der Waals surface area contributed by atoms with Crippen molar-refractivity contribution in [2.45, 2.75) is 0 Å². The van der Waals surface area contributed by atoms with E-state index >= 15 is 0 Å². The number of fused-ring (bicyclic) bond motifs is 1. The lowest BCUT2D eigenvalue weighted by molar-refractivity contribution is -0.385. The first-order valence-corrected chi connectivity index (χ1v) is 8.00. The number of nitrogens with zero attached hydrogens (tertiary/aromatic N) is 3. The van der Waals surface area contributed by atoms with E-state index in [4.69, 9.17) is 9.47 Å². The minimum Gasteiger partial charge on any atom is -0.496 e. The highest BCUT2D eigenvalue weighted by Crippen LogP contribution is 2.36. The van der Waals surface area contributed by atoms with Gasteiger partial charge in [-0.2, -0.15) is 5.26 Å². The lowest BCUT2D eigenvalue weighted by Gasteiger charge is -2.09. The average molecular weight is 378 g/mol. The van der Waals surface area contributed by atoms with Gasteiger partial charge in [0.1, 0.15) is 11.8 Å². The number of aromatic amines is 1. The Labute approximate surface area is 158 Å². The molecule has 1 aromatic heterocycles. The lowest BCUT2D eigenvalue weighted by Crippen LogP contribution is -2.11. The number of rotatable bonds is 5. The van der Waals surface area contributed by atoms with Crippen LogP contribution in [-0.4, -0.2) is 29.1 Å². The van der Waals surface area contributed by atoms with E-state index in [9.17, 15) is 20.2 Å². The van der Waals surface area contributed by atoms with Gasteiger partial charge < -0.3 is 14.5 Å². The first-order chi connectivity index (χ1) is 13.5. The third-order valence-corrected chi connectivity index (χ3v) is 4.02. The van der Waals surface area contributed by atoms with Crippen molar-refractivity contribution in [2.75, 3.05) is 14.2 Å². The second-order valence-corrected chi connectivity index (χ2v) is 5.62. The van der Waals surface area contributed by atoms with Crippen LogP contribution in [0.4, 0.5) is 5.69 Å². The van der Waals surface area contributed by atoms with Crippen molar-refractivity contribution in [1.82, 2.24) is 9.97 Å². The number of hydrogen-bond donors (Lipinski definition) is 1. The zero-order chi connectivity index (χ0) is 20.3. The summed E-state index contributed by atoms with van der Waals surface area (Å²) in [5.74, 6) is 0.333. The van der Waals surface area contributed by atoms with Crippen molar-refractivity contribution in [3.05, 3.63) is 68.3 Å². The van der Waals surface area contributed by atoms with Crippen molar-refractivity contribution >= 4 is 28.2 Å². The van der Waals surface area contributed by atoms with Crippen LogP contribution in [-0.2, 0) is 0 Å². The van der Waals surface area contributed by atoms with E-state index in [1.165, 1.54) is 32.4 Å². The molecule has 0 fully saturated rings. The van der Waals surface area contributed by atoms with E-state index in [1.54, 1.807) is 24.3 Å². The average Bonchev–Trinajstić information content (AvgIpc) is 2.71. The Morgan fingerprint density at radius 1 is 1.25 bits per heavy atom. The largest absolute Gasteiger partial charge is 0.496 e. The van der Waals surface area contributed by atoms with Crippen LogP contribution < -0.4 is 15.0 Å². The molecule has 9 heteroatoms. The molecule has 1 heterocycles. The fourth-order valence-corrected chi connectivity index (χ4v) is 2.68. The predicted molar refractivity (Wildman–Crippen MR) is 102 cm³/mol. The van der Waals surface area contributed by atoms with Gasteiger partial charge in [0.15, 0.2) is 5.82 Å². The molecule has 140 valence electrons. The molecule has 28 heavy (non-hydrogen) atoms. The minimum atomic E-state index is -0.599. The molecule has 0 saturated carbocycles. The summed E-state index contributed by atoms with van der Waals surface area (Å²) in [6.45, 7) is 0. The molecule has 0 spiro atoms. The number of ether oxygens (including phenoxy) is 2. The molecule has 2 aromatic carbocycles. The summed E-state index contributed by atoms with van der Waals surface area (Å²) in [4.78, 5) is 29.8. The summed E-state index contributed by atoms with van der Waals surface area (Å²) >= 11 is 0. The summed E-state index contributed by atoms with van der Waals surface area (Å²) in [7, 11) is 2.70. The van der Waals surface area contributed by atoms with Gasteiger partial charge in [0.2, 0.25) is 5.75 Å². The number of H-pyrrole nitrogens is 1. The number of allylic oxidation sites excluding steroid dienone is 1. The SMILES string of the molecule is COc1cc(OC)c([N+](=O)[O-])cc1/C=C(/C#N)c1nc2ccccc2c(=O)[nH]1. The molecule has 0 saturated heterocycles. The molecule has 0 radical (unpaired) electrons. The third-order valence-electron chi connectivity index (χ3n) is 4.02. The number of methoxy groups -OCH3 is 2. The Kier molecular flexibility index (Phi) is 5.04. The third kappa shape index (κ3) is 3.39. The van der Waals surface area contributed by atoms with Crippen molar-refractivity contribution in [3.63, 3.8) is 0 Å². The molecule has 3 rings (SSSR count). The zero-order valence-corrected chi connectivity index (χ0v) is 14.9. The highest BCUT2D eigenvalue weighted by atomic mass is 16.6. The topological polar surface area (TPSA) is 131 Å². The Bertz CT molecular complexity index is 1210. The second-order valence-electron chi connectivity index (χ2n) is 5.62. The van der Waals surface area contributed by atoms with Crippen LogP contribution in [0.25, 0.3) is 22.6 Å². The van der Waals surface area contributed by atoms with Gasteiger partial charge in [-0.1, -0.05) is 12.1 Å². The maximum absolute atomic E-state index is 12.3. The molecule has 0 aliphatic carbocycles. The zero-order valence-electron chi connectivity index (χ0n) is 14.9. The fourth-order valence-electron chi connectivity index (χ4n) is 2.68. The van der Waals surface area contributed by atoms with E-state index in [-0.39, 0.29) is 34.1 Å². The number of aromatic nitrogens is 2. The maximum atomic E-state index is 12.3. The molecule has 9 nitrogen and oxygen atoms in total. The first-order valence-electron chi connectivity index (χ1n) is 8.00. The highest BCUT2D eigenvalue weighted by Gasteiger charge is 2.19. The molecule has 0 atom stereocenters. The summed E-state index contributed by atoms with van der Waals surface area (Å²) in [6, 6.07) is 11.3. The molecule has 0 aliphatic heterocycles. The monoisotopic (exact) mass is 378 g/mol. The lowest BCUT2D eigenvalue weighted by atomic mass is 10.1. The Balaban J connectivity index is 2.21. The van der Waals surface area contributed by atoms with Crippen LogP contribution in [0.15, 0.2) is 41.2 Å². The van der Waals surface area contributed by atoms with Crippen LogP contribution in [0, 0.1) is 21.4 Å². The number of para-hydroxylation sites is 1. The van der Waals surface area contributed by atoms with Crippen LogP contribution in [0.5, 0.6) is 11.5 Å². The molecular formula is C19H14N4O5. The van der Waals surface area contributed by atoms with E-state index in [0.29, 0.717) is 10.9 Å². The maximum Gasteiger partial charge on any atom is 0.311 e. The Hall–Kier alpha value is -4.19. The number of benzene rings is 2. The number of nitro benzene ring substituents is 1.